The highest BCUT2D eigenvalue weighted by Gasteiger charge is 2.32. The van der Waals surface area contributed by atoms with Gasteiger partial charge in [0.05, 0.1) is 4.90 Å². The largest absolute Gasteiger partial charge is 0.314 e. The molecule has 1 heterocycles. The van der Waals surface area contributed by atoms with Crippen molar-refractivity contribution >= 4 is 44.4 Å². The second kappa shape index (κ2) is 7.83. The first-order chi connectivity index (χ1) is 13.0. The van der Waals surface area contributed by atoms with Crippen molar-refractivity contribution in [1.29, 1.82) is 0 Å². The topological polar surface area (TPSA) is 76.1 Å². The number of sulfonamides is 1. The van der Waals surface area contributed by atoms with Crippen molar-refractivity contribution < 1.29 is 13.4 Å². The van der Waals surface area contributed by atoms with Gasteiger partial charge in [-0.15, -0.1) is 0 Å². The van der Waals surface area contributed by atoms with E-state index in [9.17, 15) is 8.42 Å². The zero-order chi connectivity index (χ0) is 18.9. The van der Waals surface area contributed by atoms with Gasteiger partial charge < -0.3 is 0 Å². The average molecular weight is 423 g/mol. The number of thioether (sulfide) groups is 1. The lowest BCUT2D eigenvalue weighted by Gasteiger charge is -2.30. The van der Waals surface area contributed by atoms with E-state index < -0.39 is 10.0 Å². The molecule has 1 saturated carbocycles. The second-order valence-corrected chi connectivity index (χ2v) is 10.1. The van der Waals surface area contributed by atoms with Gasteiger partial charge in [0.15, 0.2) is 11.0 Å². The third-order valence-electron chi connectivity index (χ3n) is 4.83. The molecule has 142 valence electrons. The number of rotatable bonds is 5. The van der Waals surface area contributed by atoms with E-state index in [1.54, 1.807) is 36.0 Å². The highest BCUT2D eigenvalue weighted by molar-refractivity contribution is 7.99. The Morgan fingerprint density at radius 2 is 1.81 bits per heavy atom. The Kier molecular flexibility index (Phi) is 5.45. The van der Waals surface area contributed by atoms with Crippen LogP contribution >= 0.6 is 23.4 Å². The van der Waals surface area contributed by atoms with Crippen LogP contribution in [0.25, 0.3) is 11.0 Å². The zero-order valence-electron chi connectivity index (χ0n) is 14.6. The molecule has 27 heavy (non-hydrogen) atoms. The lowest BCUT2D eigenvalue weighted by atomic mass is 9.96. The number of H-pyrrole nitrogens is 2. The molecule has 2 aromatic carbocycles. The highest BCUT2D eigenvalue weighted by atomic mass is 35.5. The van der Waals surface area contributed by atoms with Crippen molar-refractivity contribution in [2.24, 2.45) is 0 Å². The van der Waals surface area contributed by atoms with Crippen molar-refractivity contribution in [3.63, 3.8) is 0 Å². The number of para-hydroxylation sites is 2. The number of benzene rings is 2. The van der Waals surface area contributed by atoms with Crippen molar-refractivity contribution in [2.45, 2.75) is 47.0 Å². The van der Waals surface area contributed by atoms with Crippen molar-refractivity contribution in [2.75, 3.05) is 0 Å². The molecule has 1 aliphatic carbocycles. The van der Waals surface area contributed by atoms with Gasteiger partial charge in [-0.3, -0.25) is 0 Å². The zero-order valence-corrected chi connectivity index (χ0v) is 17.0. The Labute approximate surface area is 168 Å². The van der Waals surface area contributed by atoms with Gasteiger partial charge in [-0.25, -0.2) is 23.1 Å². The van der Waals surface area contributed by atoms with Gasteiger partial charge in [0.1, 0.15) is 0 Å². The van der Waals surface area contributed by atoms with Gasteiger partial charge in [-0.1, -0.05) is 36.6 Å². The van der Waals surface area contributed by atoms with Gasteiger partial charge in [0.25, 0.3) is 0 Å². The van der Waals surface area contributed by atoms with Crippen LogP contribution in [0.2, 0.25) is 5.02 Å². The van der Waals surface area contributed by atoms with E-state index in [4.69, 9.17) is 11.6 Å². The first kappa shape index (κ1) is 18.8. The Hall–Kier alpha value is -1.54. The van der Waals surface area contributed by atoms with E-state index in [1.165, 1.54) is 0 Å². The minimum Gasteiger partial charge on any atom is -0.231 e. The molecule has 0 bridgehead atoms. The lowest BCUT2D eigenvalue weighted by molar-refractivity contribution is -0.396. The van der Waals surface area contributed by atoms with Gasteiger partial charge in [0.2, 0.25) is 10.0 Å². The summed E-state index contributed by atoms with van der Waals surface area (Å²) in [7, 11) is -3.57. The molecule has 0 spiro atoms. The minimum atomic E-state index is -3.57. The van der Waals surface area contributed by atoms with Gasteiger partial charge in [0, 0.05) is 16.3 Å². The lowest BCUT2D eigenvalue weighted by Crippen LogP contribution is -2.43. The van der Waals surface area contributed by atoms with Crippen molar-refractivity contribution in [1.82, 2.24) is 9.71 Å². The maximum atomic E-state index is 12.8. The second-order valence-electron chi connectivity index (χ2n) is 6.75. The van der Waals surface area contributed by atoms with Crippen LogP contribution in [0.15, 0.2) is 58.6 Å². The molecule has 3 N–H and O–H groups in total. The van der Waals surface area contributed by atoms with Crippen LogP contribution in [0, 0.1) is 0 Å². The number of imidazole rings is 1. The van der Waals surface area contributed by atoms with Crippen LogP contribution in [0.3, 0.4) is 0 Å². The summed E-state index contributed by atoms with van der Waals surface area (Å²) >= 11 is 7.55. The van der Waals surface area contributed by atoms with Gasteiger partial charge in [-0.2, -0.15) is 0 Å². The molecule has 1 fully saturated rings. The first-order valence-electron chi connectivity index (χ1n) is 8.96. The molecule has 2 atom stereocenters. The van der Waals surface area contributed by atoms with Crippen LogP contribution in [-0.4, -0.2) is 24.7 Å². The number of hydrogen-bond donors (Lipinski definition) is 2. The van der Waals surface area contributed by atoms with E-state index in [2.05, 4.69) is 14.7 Å². The van der Waals surface area contributed by atoms with Crippen LogP contribution < -0.4 is 9.71 Å². The smallest absolute Gasteiger partial charge is 0.231 e. The molecule has 5 nitrogen and oxygen atoms in total. The third kappa shape index (κ3) is 4.32. The number of hydrogen-bond acceptors (Lipinski definition) is 3. The summed E-state index contributed by atoms with van der Waals surface area (Å²) in [6.07, 6.45) is 3.95. The summed E-state index contributed by atoms with van der Waals surface area (Å²) in [6.45, 7) is 0. The summed E-state index contributed by atoms with van der Waals surface area (Å²) in [6, 6.07) is 14.2. The summed E-state index contributed by atoms with van der Waals surface area (Å²) in [5, 5.41) is 1.65. The Morgan fingerprint density at radius 3 is 2.59 bits per heavy atom. The monoisotopic (exact) mass is 422 g/mol. The predicted molar refractivity (Wildman–Crippen MR) is 109 cm³/mol. The molecule has 4 rings (SSSR count). The van der Waals surface area contributed by atoms with Crippen LogP contribution in [0.4, 0.5) is 0 Å². The molecule has 1 aliphatic rings. The molecule has 2 unspecified atom stereocenters. The fourth-order valence-corrected chi connectivity index (χ4v) is 6.26. The van der Waals surface area contributed by atoms with Crippen LogP contribution in [0.1, 0.15) is 25.7 Å². The standard InChI is InChI=1S/C19H20ClN3O2S2/c20-13-9-11-14(12-10-13)27(24,25)23-17-7-3-4-8-18(17)26-19-21-15-5-1-2-6-16(15)22-19/h1-2,5-6,9-12,17-18,23H,3-4,7-8H2,(H,21,22)/p+1. The third-order valence-corrected chi connectivity index (χ3v) is 7.89. The predicted octanol–water partition coefficient (Wildman–Crippen LogP) is 4.02. The molecule has 0 saturated heterocycles. The normalized spacial score (nSPS) is 20.8. The summed E-state index contributed by atoms with van der Waals surface area (Å²) in [5.41, 5.74) is 2.10. The number of halogens is 1. The Balaban J connectivity index is 1.52. The molecule has 0 amide bonds. The van der Waals surface area contributed by atoms with Gasteiger partial charge in [-0.05, 0) is 61.0 Å². The van der Waals surface area contributed by atoms with E-state index in [0.29, 0.717) is 5.02 Å². The van der Waals surface area contributed by atoms with E-state index >= 15 is 0 Å². The molecular weight excluding hydrogens is 402 g/mol. The molecule has 8 heteroatoms. The first-order valence-corrected chi connectivity index (χ1v) is 11.7. The van der Waals surface area contributed by atoms with Crippen molar-refractivity contribution in [3.8, 4) is 0 Å². The fourth-order valence-electron chi connectivity index (χ4n) is 3.44. The van der Waals surface area contributed by atoms with Gasteiger partial charge >= 0.3 is 5.16 Å². The van der Waals surface area contributed by atoms with Crippen molar-refractivity contribution in [3.05, 3.63) is 53.6 Å². The maximum Gasteiger partial charge on any atom is 0.314 e. The highest BCUT2D eigenvalue weighted by Crippen LogP contribution is 2.33. The SMILES string of the molecule is O=S(=O)(NC1CCCCC1Sc1[nH]c2ccccc2[nH+]1)c1ccc(Cl)cc1. The molecule has 0 radical (unpaired) electrons. The minimum absolute atomic E-state index is 0.107. The summed E-state index contributed by atoms with van der Waals surface area (Å²) < 4.78 is 28.5. The molecule has 0 aliphatic heterocycles. The van der Waals surface area contributed by atoms with E-state index in [-0.39, 0.29) is 16.2 Å². The maximum absolute atomic E-state index is 12.8. The summed E-state index contributed by atoms with van der Waals surface area (Å²) in [4.78, 5) is 7.01. The molecule has 3 aromatic rings. The fraction of sp³-hybridized carbons (Fsp3) is 0.316. The molecule has 1 aromatic heterocycles. The molecular formula is C19H21ClN3O2S2+. The number of aromatic nitrogens is 2. The Bertz CT molecular complexity index is 1000. The number of fused-ring (bicyclic) bond motifs is 1. The number of nitrogens with one attached hydrogen (secondary N) is 3. The summed E-state index contributed by atoms with van der Waals surface area (Å²) in [5.74, 6) is 0. The number of aromatic amines is 2. The van der Waals surface area contributed by atoms with E-state index in [1.807, 2.05) is 24.3 Å². The van der Waals surface area contributed by atoms with Crippen LogP contribution in [0.5, 0.6) is 0 Å². The quantitative estimate of drug-likeness (QED) is 0.652. The van der Waals surface area contributed by atoms with E-state index in [0.717, 1.165) is 41.9 Å². The Morgan fingerprint density at radius 1 is 1.07 bits per heavy atom. The average Bonchev–Trinajstić information content (AvgIpc) is 3.06. The van der Waals surface area contributed by atoms with Crippen LogP contribution in [-0.2, 0) is 10.0 Å².